The van der Waals surface area contributed by atoms with Gasteiger partial charge in [0.25, 0.3) is 0 Å². The van der Waals surface area contributed by atoms with Crippen molar-refractivity contribution in [2.24, 2.45) is 11.8 Å². The lowest BCUT2D eigenvalue weighted by Crippen LogP contribution is -2.37. The number of nitrogens with two attached hydrogens (primary N) is 1. The van der Waals surface area contributed by atoms with Gasteiger partial charge in [-0.2, -0.15) is 5.10 Å². The van der Waals surface area contributed by atoms with Crippen LogP contribution in [0, 0.1) is 5.92 Å². The molecule has 1 aliphatic rings. The topological polar surface area (TPSA) is 55.9 Å². The van der Waals surface area contributed by atoms with Gasteiger partial charge in [0, 0.05) is 31.1 Å². The van der Waals surface area contributed by atoms with Crippen molar-refractivity contribution in [1.82, 2.24) is 15.2 Å². The third kappa shape index (κ3) is 3.51. The second-order valence-electron chi connectivity index (χ2n) is 5.37. The Morgan fingerprint density at radius 3 is 2.79 bits per heavy atom. The average Bonchev–Trinajstić information content (AvgIpc) is 2.81. The number of hydrazine groups is 1. The molecule has 6 heteroatoms. The maximum Gasteiger partial charge on any atom is 0.248 e. The molecule has 0 amide bonds. The lowest BCUT2D eigenvalue weighted by atomic mass is 9.80. The maximum atomic E-state index is 13.2. The normalized spacial score (nSPS) is 21.5. The molecule has 1 aliphatic carbocycles. The second kappa shape index (κ2) is 5.96. The molecule has 4 nitrogen and oxygen atoms in total. The number of aromatic nitrogens is 2. The zero-order valence-electron chi connectivity index (χ0n) is 11.3. The van der Waals surface area contributed by atoms with Crippen LogP contribution in [0.4, 0.5) is 8.78 Å². The van der Waals surface area contributed by atoms with E-state index >= 15 is 0 Å². The van der Waals surface area contributed by atoms with Crippen molar-refractivity contribution in [1.29, 1.82) is 0 Å². The van der Waals surface area contributed by atoms with Gasteiger partial charge in [0.1, 0.15) is 0 Å². The standard InChI is InChI=1S/C13H22F2N4/c1-2-7-19-9-11(8-17-19)12(18-16)10-3-5-13(14,15)6-4-10/h8-10,12,18H,2-7,16H2,1H3. The van der Waals surface area contributed by atoms with Gasteiger partial charge in [-0.15, -0.1) is 0 Å². The molecule has 1 fully saturated rings. The van der Waals surface area contributed by atoms with Gasteiger partial charge in [-0.3, -0.25) is 16.0 Å². The molecule has 1 heterocycles. The molecule has 0 saturated heterocycles. The van der Waals surface area contributed by atoms with Gasteiger partial charge in [-0.05, 0) is 25.2 Å². The highest BCUT2D eigenvalue weighted by molar-refractivity contribution is 5.12. The highest BCUT2D eigenvalue weighted by atomic mass is 19.3. The number of aryl methyl sites for hydroxylation is 1. The van der Waals surface area contributed by atoms with Crippen molar-refractivity contribution >= 4 is 0 Å². The first-order valence-corrected chi connectivity index (χ1v) is 6.92. The number of halogens is 2. The van der Waals surface area contributed by atoms with E-state index in [9.17, 15) is 8.78 Å². The van der Waals surface area contributed by atoms with Crippen LogP contribution in [0.2, 0.25) is 0 Å². The van der Waals surface area contributed by atoms with Crippen LogP contribution in [0.15, 0.2) is 12.4 Å². The Labute approximate surface area is 112 Å². The van der Waals surface area contributed by atoms with Gasteiger partial charge >= 0.3 is 0 Å². The molecule has 0 aliphatic heterocycles. The van der Waals surface area contributed by atoms with Crippen LogP contribution in [-0.4, -0.2) is 15.7 Å². The molecule has 0 bridgehead atoms. The summed E-state index contributed by atoms with van der Waals surface area (Å²) in [5.41, 5.74) is 3.76. The summed E-state index contributed by atoms with van der Waals surface area (Å²) < 4.78 is 28.2. The highest BCUT2D eigenvalue weighted by Crippen LogP contribution is 2.40. The van der Waals surface area contributed by atoms with E-state index < -0.39 is 5.92 Å². The van der Waals surface area contributed by atoms with E-state index in [0.29, 0.717) is 12.8 Å². The average molecular weight is 272 g/mol. The minimum absolute atomic E-state index is 0.0427. The third-order valence-corrected chi connectivity index (χ3v) is 3.88. The number of hydrogen-bond acceptors (Lipinski definition) is 3. The van der Waals surface area contributed by atoms with Gasteiger partial charge < -0.3 is 0 Å². The first-order valence-electron chi connectivity index (χ1n) is 6.92. The Kier molecular flexibility index (Phi) is 4.52. The van der Waals surface area contributed by atoms with Gasteiger partial charge in [0.2, 0.25) is 5.92 Å². The van der Waals surface area contributed by atoms with Crippen LogP contribution in [0.5, 0.6) is 0 Å². The molecule has 19 heavy (non-hydrogen) atoms. The van der Waals surface area contributed by atoms with Crippen molar-refractivity contribution in [3.05, 3.63) is 18.0 Å². The molecule has 1 aromatic heterocycles. The molecule has 1 atom stereocenters. The van der Waals surface area contributed by atoms with Crippen molar-refractivity contribution in [2.45, 2.75) is 57.5 Å². The molecule has 1 aromatic rings. The first kappa shape index (κ1) is 14.4. The Balaban J connectivity index is 2.03. The van der Waals surface area contributed by atoms with E-state index in [1.807, 2.05) is 10.9 Å². The molecular weight excluding hydrogens is 250 g/mol. The van der Waals surface area contributed by atoms with E-state index in [0.717, 1.165) is 18.5 Å². The minimum Gasteiger partial charge on any atom is -0.272 e. The fourth-order valence-electron chi connectivity index (χ4n) is 2.79. The largest absolute Gasteiger partial charge is 0.272 e. The van der Waals surface area contributed by atoms with Gasteiger partial charge in [-0.1, -0.05) is 6.92 Å². The smallest absolute Gasteiger partial charge is 0.248 e. The van der Waals surface area contributed by atoms with Crippen LogP contribution in [-0.2, 0) is 6.54 Å². The van der Waals surface area contributed by atoms with E-state index in [-0.39, 0.29) is 24.8 Å². The summed E-state index contributed by atoms with van der Waals surface area (Å²) in [5.74, 6) is 3.27. The first-order chi connectivity index (χ1) is 9.05. The van der Waals surface area contributed by atoms with Crippen molar-refractivity contribution in [3.63, 3.8) is 0 Å². The molecule has 0 spiro atoms. The summed E-state index contributed by atoms with van der Waals surface area (Å²) in [6.45, 7) is 2.95. The maximum absolute atomic E-state index is 13.2. The fourth-order valence-corrected chi connectivity index (χ4v) is 2.79. The number of hydrogen-bond donors (Lipinski definition) is 2. The minimum atomic E-state index is -2.50. The van der Waals surface area contributed by atoms with Gasteiger partial charge in [-0.25, -0.2) is 8.78 Å². The van der Waals surface area contributed by atoms with E-state index in [2.05, 4.69) is 17.4 Å². The lowest BCUT2D eigenvalue weighted by molar-refractivity contribution is -0.0497. The molecule has 1 unspecified atom stereocenters. The Morgan fingerprint density at radius 2 is 2.21 bits per heavy atom. The van der Waals surface area contributed by atoms with Crippen LogP contribution in [0.1, 0.15) is 50.6 Å². The van der Waals surface area contributed by atoms with Crippen LogP contribution in [0.3, 0.4) is 0 Å². The highest BCUT2D eigenvalue weighted by Gasteiger charge is 2.38. The Hall–Kier alpha value is -1.01. The zero-order chi connectivity index (χ0) is 13.9. The molecule has 1 saturated carbocycles. The summed E-state index contributed by atoms with van der Waals surface area (Å²) in [6, 6.07) is -0.0818. The molecule has 108 valence electrons. The second-order valence-corrected chi connectivity index (χ2v) is 5.37. The van der Waals surface area contributed by atoms with Crippen molar-refractivity contribution in [3.8, 4) is 0 Å². The number of nitrogens with zero attached hydrogens (tertiary/aromatic N) is 2. The Bertz CT molecular complexity index is 395. The molecule has 0 aromatic carbocycles. The van der Waals surface area contributed by atoms with Gasteiger partial charge in [0.05, 0.1) is 12.2 Å². The SMILES string of the molecule is CCCn1cc(C(NN)C2CCC(F)(F)CC2)cn1. The Morgan fingerprint density at radius 1 is 1.53 bits per heavy atom. The number of alkyl halides is 2. The van der Waals surface area contributed by atoms with Crippen LogP contribution in [0.25, 0.3) is 0 Å². The molecule has 2 rings (SSSR count). The van der Waals surface area contributed by atoms with Crippen molar-refractivity contribution < 1.29 is 8.78 Å². The van der Waals surface area contributed by atoms with Crippen molar-refractivity contribution in [2.75, 3.05) is 0 Å². The molecule has 3 N–H and O–H groups in total. The zero-order valence-corrected chi connectivity index (χ0v) is 11.3. The summed E-state index contributed by atoms with van der Waals surface area (Å²) in [4.78, 5) is 0. The lowest BCUT2D eigenvalue weighted by Gasteiger charge is -2.33. The molecular formula is C13H22F2N4. The number of nitrogens with one attached hydrogen (secondary N) is 1. The predicted molar refractivity (Wildman–Crippen MR) is 69.5 cm³/mol. The quantitative estimate of drug-likeness (QED) is 0.640. The van der Waals surface area contributed by atoms with Crippen LogP contribution < -0.4 is 11.3 Å². The predicted octanol–water partition coefficient (Wildman–Crippen LogP) is 2.62. The van der Waals surface area contributed by atoms with E-state index in [4.69, 9.17) is 5.84 Å². The summed E-state index contributed by atoms with van der Waals surface area (Å²) in [5, 5.41) is 4.27. The summed E-state index contributed by atoms with van der Waals surface area (Å²) in [7, 11) is 0. The van der Waals surface area contributed by atoms with E-state index in [1.54, 1.807) is 6.20 Å². The molecule has 0 radical (unpaired) electrons. The fraction of sp³-hybridized carbons (Fsp3) is 0.769. The van der Waals surface area contributed by atoms with Crippen LogP contribution >= 0.6 is 0 Å². The third-order valence-electron chi connectivity index (χ3n) is 3.88. The monoisotopic (exact) mass is 272 g/mol. The van der Waals surface area contributed by atoms with E-state index in [1.165, 1.54) is 0 Å². The van der Waals surface area contributed by atoms with Gasteiger partial charge in [0.15, 0.2) is 0 Å². The summed E-state index contributed by atoms with van der Waals surface area (Å²) >= 11 is 0. The number of rotatable bonds is 5. The summed E-state index contributed by atoms with van der Waals surface area (Å²) in [6.07, 6.45) is 5.67.